The number of H-pyrrole nitrogens is 1. The minimum atomic E-state index is -0.771. The molecular weight excluding hydrogens is 440 g/mol. The zero-order valence-electron chi connectivity index (χ0n) is 18.2. The van der Waals surface area contributed by atoms with Crippen molar-refractivity contribution >= 4 is 35.1 Å². The van der Waals surface area contributed by atoms with Crippen LogP contribution in [-0.2, 0) is 14.9 Å². The van der Waals surface area contributed by atoms with E-state index in [0.717, 1.165) is 0 Å². The van der Waals surface area contributed by atoms with Gasteiger partial charge in [-0.25, -0.2) is 9.59 Å². The monoisotopic (exact) mass is 464 g/mol. The van der Waals surface area contributed by atoms with E-state index in [2.05, 4.69) is 30.6 Å². The van der Waals surface area contributed by atoms with Crippen LogP contribution >= 0.6 is 11.6 Å². The van der Waals surface area contributed by atoms with E-state index in [4.69, 9.17) is 16.3 Å². The molecule has 2 aromatic heterocycles. The molecule has 0 saturated heterocycles. The van der Waals surface area contributed by atoms with Gasteiger partial charge < -0.3 is 30.2 Å². The highest BCUT2D eigenvalue weighted by Gasteiger charge is 2.25. The van der Waals surface area contributed by atoms with Gasteiger partial charge in [0.1, 0.15) is 10.8 Å². The van der Waals surface area contributed by atoms with E-state index in [1.54, 1.807) is 12.1 Å². The number of fused-ring (bicyclic) bond motifs is 1. The number of rotatable bonds is 6. The Morgan fingerprint density at radius 1 is 1.28 bits per heavy atom. The number of anilines is 1. The van der Waals surface area contributed by atoms with Crippen molar-refractivity contribution in [3.8, 4) is 17.1 Å². The number of hydrogen-bond donors (Lipinski definition) is 4. The first-order valence-electron chi connectivity index (χ1n) is 9.84. The molecule has 0 aliphatic rings. The number of methoxy groups -OCH3 is 1. The number of aromatic amines is 1. The quantitative estimate of drug-likeness (QED) is 0.247. The number of aromatic nitrogens is 4. The summed E-state index contributed by atoms with van der Waals surface area (Å²) in [6, 6.07) is 4.12. The van der Waals surface area contributed by atoms with Gasteiger partial charge in [0.2, 0.25) is 0 Å². The van der Waals surface area contributed by atoms with Crippen LogP contribution in [0.3, 0.4) is 0 Å². The summed E-state index contributed by atoms with van der Waals surface area (Å²) in [6.45, 7) is 6.41. The van der Waals surface area contributed by atoms with Gasteiger partial charge >= 0.3 is 12.2 Å². The van der Waals surface area contributed by atoms with Crippen molar-refractivity contribution in [2.24, 2.45) is 0 Å². The highest BCUT2D eigenvalue weighted by atomic mass is 35.5. The number of carbonyl (C=O) groups is 2. The lowest BCUT2D eigenvalue weighted by Gasteiger charge is -2.14. The molecule has 0 spiro atoms. The van der Waals surface area contributed by atoms with Gasteiger partial charge in [-0.15, -0.1) is 9.73 Å². The summed E-state index contributed by atoms with van der Waals surface area (Å²) < 4.78 is 10.5. The number of hydrogen-bond acceptors (Lipinski definition) is 7. The van der Waals surface area contributed by atoms with Gasteiger partial charge in [0, 0.05) is 17.6 Å². The van der Waals surface area contributed by atoms with Gasteiger partial charge in [-0.3, -0.25) is 0 Å². The summed E-state index contributed by atoms with van der Waals surface area (Å²) in [7, 11) is 1.22. The Labute approximate surface area is 189 Å². The molecular formula is C20H25ClN6O5. The second-order valence-electron chi connectivity index (χ2n) is 7.99. The Morgan fingerprint density at radius 3 is 2.69 bits per heavy atom. The molecule has 1 aromatic carbocycles. The molecule has 0 radical (unpaired) electrons. The zero-order valence-corrected chi connectivity index (χ0v) is 18.9. The molecule has 0 aliphatic carbocycles. The molecule has 12 heteroatoms. The predicted molar refractivity (Wildman–Crippen MR) is 118 cm³/mol. The number of ether oxygens (including phenoxy) is 2. The van der Waals surface area contributed by atoms with Gasteiger partial charge in [0.15, 0.2) is 11.5 Å². The first kappa shape index (κ1) is 23.2. The first-order chi connectivity index (χ1) is 15.1. The number of phenols is 1. The van der Waals surface area contributed by atoms with Crippen LogP contribution < -0.4 is 10.6 Å². The van der Waals surface area contributed by atoms with Gasteiger partial charge in [-0.1, -0.05) is 32.4 Å². The highest BCUT2D eigenvalue weighted by Crippen LogP contribution is 2.34. The zero-order chi connectivity index (χ0) is 23.5. The van der Waals surface area contributed by atoms with Crippen LogP contribution in [0, 0.1) is 0 Å². The Balaban J connectivity index is 1.68. The average Bonchev–Trinajstić information content (AvgIpc) is 3.28. The number of nitrogens with zero attached hydrogens (tertiary/aromatic N) is 3. The van der Waals surface area contributed by atoms with Gasteiger partial charge in [-0.05, 0) is 24.6 Å². The number of carbonyl (C=O) groups excluding carboxylic acids is 2. The molecule has 0 bridgehead atoms. The molecule has 0 atom stereocenters. The molecule has 3 aromatic rings. The SMILES string of the molecule is COC(=O)OCCCNC(=O)Nc1ccc(O)c(-c2nn3nc(C(C)(C)C)c(Cl)c3[nH]2)c1. The number of nitrogens with one attached hydrogen (secondary N) is 3. The Kier molecular flexibility index (Phi) is 6.78. The first-order valence-corrected chi connectivity index (χ1v) is 10.2. The molecule has 172 valence electrons. The summed E-state index contributed by atoms with van der Waals surface area (Å²) in [5, 5.41) is 24.9. The highest BCUT2D eigenvalue weighted by molar-refractivity contribution is 6.34. The number of phenolic OH excluding ortho intramolecular Hbond substituents is 1. The fourth-order valence-corrected chi connectivity index (χ4v) is 3.31. The van der Waals surface area contributed by atoms with Crippen LogP contribution in [0.25, 0.3) is 17.0 Å². The van der Waals surface area contributed by atoms with Crippen LogP contribution in [0.1, 0.15) is 32.9 Å². The van der Waals surface area contributed by atoms with E-state index in [1.807, 2.05) is 20.8 Å². The fraction of sp³-hybridized carbons (Fsp3) is 0.400. The van der Waals surface area contributed by atoms with Crippen molar-refractivity contribution in [3.63, 3.8) is 0 Å². The normalized spacial score (nSPS) is 11.4. The summed E-state index contributed by atoms with van der Waals surface area (Å²) >= 11 is 6.46. The van der Waals surface area contributed by atoms with E-state index in [0.29, 0.717) is 39.9 Å². The third-order valence-corrected chi connectivity index (χ3v) is 4.81. The van der Waals surface area contributed by atoms with Crippen molar-refractivity contribution in [1.29, 1.82) is 0 Å². The summed E-state index contributed by atoms with van der Waals surface area (Å²) in [6.07, 6.45) is -0.348. The van der Waals surface area contributed by atoms with Crippen LogP contribution in [0.5, 0.6) is 5.75 Å². The third kappa shape index (κ3) is 5.22. The molecule has 0 unspecified atom stereocenters. The van der Waals surface area contributed by atoms with Crippen molar-refractivity contribution < 1.29 is 24.2 Å². The lowest BCUT2D eigenvalue weighted by molar-refractivity contribution is 0.0721. The van der Waals surface area contributed by atoms with E-state index in [9.17, 15) is 14.7 Å². The molecule has 2 amide bonds. The third-order valence-electron chi connectivity index (χ3n) is 4.46. The number of urea groups is 1. The predicted octanol–water partition coefficient (Wildman–Crippen LogP) is 3.68. The standard InChI is InChI=1S/C20H25ClN6O5/c1-20(2,3)15-14(21)17-24-16(26-27(17)25-15)12-10-11(6-7-13(12)28)23-18(29)22-8-5-9-32-19(30)31-4/h6-7,10,28H,5,8-9H2,1-4H3,(H,24,26)(H2,22,23,29). The lowest BCUT2D eigenvalue weighted by atomic mass is 9.92. The maximum absolute atomic E-state index is 12.1. The molecule has 2 heterocycles. The molecule has 11 nitrogen and oxygen atoms in total. The minimum absolute atomic E-state index is 0.0277. The van der Waals surface area contributed by atoms with Crippen molar-refractivity contribution in [3.05, 3.63) is 28.9 Å². The molecule has 0 saturated carbocycles. The second kappa shape index (κ2) is 9.35. The van der Waals surface area contributed by atoms with E-state index >= 15 is 0 Å². The second-order valence-corrected chi connectivity index (χ2v) is 8.37. The van der Waals surface area contributed by atoms with Crippen LogP contribution in [-0.4, -0.2) is 57.4 Å². The smallest absolute Gasteiger partial charge is 0.507 e. The van der Waals surface area contributed by atoms with Crippen LogP contribution in [0.15, 0.2) is 18.2 Å². The number of benzene rings is 1. The van der Waals surface area contributed by atoms with Gasteiger partial charge in [0.05, 0.1) is 25.0 Å². The van der Waals surface area contributed by atoms with Gasteiger partial charge in [0.25, 0.3) is 0 Å². The summed E-state index contributed by atoms with van der Waals surface area (Å²) in [5.74, 6) is 0.316. The van der Waals surface area contributed by atoms with Crippen molar-refractivity contribution in [2.75, 3.05) is 25.6 Å². The minimum Gasteiger partial charge on any atom is -0.507 e. The van der Waals surface area contributed by atoms with Crippen LogP contribution in [0.4, 0.5) is 15.3 Å². The molecule has 4 N–H and O–H groups in total. The fourth-order valence-electron chi connectivity index (χ4n) is 2.87. The van der Waals surface area contributed by atoms with E-state index in [-0.39, 0.29) is 24.3 Å². The maximum Gasteiger partial charge on any atom is 0.507 e. The number of halogens is 1. The van der Waals surface area contributed by atoms with E-state index < -0.39 is 12.2 Å². The average molecular weight is 465 g/mol. The summed E-state index contributed by atoms with van der Waals surface area (Å²) in [5.41, 5.74) is 1.77. The lowest BCUT2D eigenvalue weighted by Crippen LogP contribution is -2.30. The van der Waals surface area contributed by atoms with Crippen LogP contribution in [0.2, 0.25) is 5.02 Å². The number of aromatic hydroxyl groups is 1. The molecule has 3 rings (SSSR count). The molecule has 0 fully saturated rings. The van der Waals surface area contributed by atoms with Crippen molar-refractivity contribution in [2.45, 2.75) is 32.6 Å². The number of amides is 2. The Bertz CT molecular complexity index is 1130. The maximum atomic E-state index is 12.1. The topological polar surface area (TPSA) is 143 Å². The van der Waals surface area contributed by atoms with E-state index in [1.165, 1.54) is 17.8 Å². The largest absolute Gasteiger partial charge is 0.507 e. The Morgan fingerprint density at radius 2 is 2.03 bits per heavy atom. The Hall–Kier alpha value is -3.47. The van der Waals surface area contributed by atoms with Crippen molar-refractivity contribution in [1.82, 2.24) is 25.1 Å². The molecule has 32 heavy (non-hydrogen) atoms. The summed E-state index contributed by atoms with van der Waals surface area (Å²) in [4.78, 5) is 26.0. The molecule has 0 aliphatic heterocycles. The van der Waals surface area contributed by atoms with Gasteiger partial charge in [-0.2, -0.15) is 5.10 Å².